The summed E-state index contributed by atoms with van der Waals surface area (Å²) in [5, 5.41) is 11.5. The number of anilines is 1. The van der Waals surface area contributed by atoms with E-state index in [1.54, 1.807) is 26.6 Å². The molecule has 0 bridgehead atoms. The molecule has 1 N–H and O–H groups in total. The molecule has 1 amide bonds. The fourth-order valence-corrected chi connectivity index (χ4v) is 4.08. The van der Waals surface area contributed by atoms with Gasteiger partial charge in [0.15, 0.2) is 0 Å². The Hall–Kier alpha value is -3.96. The second kappa shape index (κ2) is 11.0. The monoisotopic (exact) mass is 520 g/mol. The van der Waals surface area contributed by atoms with Crippen molar-refractivity contribution in [2.24, 2.45) is 0 Å². The maximum Gasteiger partial charge on any atom is 0.296 e. The SMILES string of the molecule is COc1cnc(C)cc1-c1cc(C)ncc1C(=O)Nc1nnc(OCc2ccc(C(C)(C)OC)cn2)s1. The predicted molar refractivity (Wildman–Crippen MR) is 140 cm³/mol. The van der Waals surface area contributed by atoms with Crippen molar-refractivity contribution in [1.29, 1.82) is 0 Å². The summed E-state index contributed by atoms with van der Waals surface area (Å²) >= 11 is 1.12. The smallest absolute Gasteiger partial charge is 0.296 e. The van der Waals surface area contributed by atoms with Crippen molar-refractivity contribution in [2.75, 3.05) is 19.5 Å². The van der Waals surface area contributed by atoms with Crippen molar-refractivity contribution in [3.05, 3.63) is 71.1 Å². The summed E-state index contributed by atoms with van der Waals surface area (Å²) in [6, 6.07) is 7.54. The van der Waals surface area contributed by atoms with Crippen LogP contribution in [0.15, 0.2) is 42.9 Å². The largest absolute Gasteiger partial charge is 0.494 e. The first-order valence-electron chi connectivity index (χ1n) is 11.5. The highest BCUT2D eigenvalue weighted by molar-refractivity contribution is 7.17. The second-order valence-corrected chi connectivity index (χ2v) is 9.71. The number of aryl methyl sites for hydroxylation is 2. The van der Waals surface area contributed by atoms with E-state index in [0.29, 0.717) is 27.2 Å². The van der Waals surface area contributed by atoms with Crippen molar-refractivity contribution in [3.8, 4) is 22.1 Å². The average molecular weight is 521 g/mol. The highest BCUT2D eigenvalue weighted by atomic mass is 32.1. The Labute approximate surface area is 219 Å². The zero-order valence-corrected chi connectivity index (χ0v) is 22.3. The van der Waals surface area contributed by atoms with Crippen molar-refractivity contribution < 1.29 is 19.0 Å². The molecule has 0 aliphatic carbocycles. The highest BCUT2D eigenvalue weighted by Crippen LogP contribution is 2.33. The molecule has 4 heterocycles. The van der Waals surface area contributed by atoms with Gasteiger partial charge in [0.2, 0.25) is 5.13 Å². The molecule has 4 aromatic heterocycles. The number of carbonyl (C=O) groups is 1. The van der Waals surface area contributed by atoms with Gasteiger partial charge in [-0.05, 0) is 57.2 Å². The Balaban J connectivity index is 1.47. The van der Waals surface area contributed by atoms with E-state index >= 15 is 0 Å². The third kappa shape index (κ3) is 6.07. The topological polar surface area (TPSA) is 121 Å². The first-order chi connectivity index (χ1) is 17.7. The van der Waals surface area contributed by atoms with E-state index in [9.17, 15) is 4.79 Å². The molecule has 0 fully saturated rings. The average Bonchev–Trinajstić information content (AvgIpc) is 3.34. The summed E-state index contributed by atoms with van der Waals surface area (Å²) in [5.74, 6) is 0.184. The van der Waals surface area contributed by atoms with Crippen LogP contribution in [0, 0.1) is 13.8 Å². The summed E-state index contributed by atoms with van der Waals surface area (Å²) in [4.78, 5) is 26.2. The third-order valence-corrected chi connectivity index (χ3v) is 6.55. The van der Waals surface area contributed by atoms with Crippen LogP contribution in [0.25, 0.3) is 11.1 Å². The second-order valence-electron chi connectivity index (χ2n) is 8.77. The number of pyridine rings is 3. The molecular formula is C26H28N6O4S. The van der Waals surface area contributed by atoms with Gasteiger partial charge in [0.25, 0.3) is 11.1 Å². The van der Waals surface area contributed by atoms with Gasteiger partial charge >= 0.3 is 0 Å². The minimum absolute atomic E-state index is 0.212. The van der Waals surface area contributed by atoms with Crippen molar-refractivity contribution in [3.63, 3.8) is 0 Å². The molecular weight excluding hydrogens is 492 g/mol. The van der Waals surface area contributed by atoms with Gasteiger partial charge in [-0.3, -0.25) is 25.1 Å². The summed E-state index contributed by atoms with van der Waals surface area (Å²) in [7, 11) is 3.23. The zero-order chi connectivity index (χ0) is 26.6. The van der Waals surface area contributed by atoms with Crippen molar-refractivity contribution >= 4 is 22.4 Å². The number of aromatic nitrogens is 5. The van der Waals surface area contributed by atoms with E-state index in [1.807, 2.05) is 52.0 Å². The summed E-state index contributed by atoms with van der Waals surface area (Å²) in [5.41, 5.74) is 4.63. The van der Waals surface area contributed by atoms with Crippen LogP contribution < -0.4 is 14.8 Å². The van der Waals surface area contributed by atoms with Gasteiger partial charge in [-0.15, -0.1) is 5.10 Å². The van der Waals surface area contributed by atoms with E-state index in [4.69, 9.17) is 14.2 Å². The Morgan fingerprint density at radius 2 is 1.70 bits per heavy atom. The maximum atomic E-state index is 13.2. The Bertz CT molecular complexity index is 1400. The number of methoxy groups -OCH3 is 2. The molecule has 37 heavy (non-hydrogen) atoms. The minimum atomic E-state index is -0.424. The molecule has 0 atom stereocenters. The molecule has 4 aromatic rings. The summed E-state index contributed by atoms with van der Waals surface area (Å²) in [6.45, 7) is 7.90. The van der Waals surface area contributed by atoms with Gasteiger partial charge < -0.3 is 14.2 Å². The molecule has 11 heteroatoms. The lowest BCUT2D eigenvalue weighted by atomic mass is 9.99. The van der Waals surface area contributed by atoms with Gasteiger partial charge in [-0.25, -0.2) is 0 Å². The number of rotatable bonds is 9. The molecule has 0 saturated carbocycles. The molecule has 0 aromatic carbocycles. The van der Waals surface area contributed by atoms with Crippen LogP contribution >= 0.6 is 11.3 Å². The molecule has 0 unspecified atom stereocenters. The Morgan fingerprint density at radius 1 is 0.973 bits per heavy atom. The zero-order valence-electron chi connectivity index (χ0n) is 21.5. The third-order valence-electron chi connectivity index (χ3n) is 5.80. The molecule has 192 valence electrons. The quantitative estimate of drug-likeness (QED) is 0.334. The van der Waals surface area contributed by atoms with E-state index in [0.717, 1.165) is 39.5 Å². The number of carbonyl (C=O) groups excluding carboxylic acids is 1. The van der Waals surface area contributed by atoms with Crippen LogP contribution in [0.1, 0.15) is 46.9 Å². The fourth-order valence-electron chi connectivity index (χ4n) is 3.49. The van der Waals surface area contributed by atoms with Crippen LogP contribution in [0.4, 0.5) is 5.13 Å². The Morgan fingerprint density at radius 3 is 2.38 bits per heavy atom. The van der Waals surface area contributed by atoms with Crippen LogP contribution in [0.2, 0.25) is 0 Å². The van der Waals surface area contributed by atoms with Crippen LogP contribution in [0.3, 0.4) is 0 Å². The van der Waals surface area contributed by atoms with Gasteiger partial charge in [-0.2, -0.15) is 0 Å². The first-order valence-corrected chi connectivity index (χ1v) is 12.3. The number of amides is 1. The van der Waals surface area contributed by atoms with Crippen LogP contribution in [-0.2, 0) is 16.9 Å². The van der Waals surface area contributed by atoms with Gasteiger partial charge in [0.05, 0.1) is 30.2 Å². The number of nitrogens with zero attached hydrogens (tertiary/aromatic N) is 5. The molecule has 0 aliphatic rings. The lowest BCUT2D eigenvalue weighted by Crippen LogP contribution is -2.19. The molecule has 0 saturated heterocycles. The van der Waals surface area contributed by atoms with E-state index in [-0.39, 0.29) is 12.5 Å². The van der Waals surface area contributed by atoms with Gasteiger partial charge in [0, 0.05) is 47.6 Å². The van der Waals surface area contributed by atoms with E-state index in [1.165, 1.54) is 6.20 Å². The maximum absolute atomic E-state index is 13.2. The van der Waals surface area contributed by atoms with E-state index in [2.05, 4.69) is 30.5 Å². The molecule has 10 nitrogen and oxygen atoms in total. The lowest BCUT2D eigenvalue weighted by molar-refractivity contribution is 0.0189. The summed E-state index contributed by atoms with van der Waals surface area (Å²) < 4.78 is 16.7. The van der Waals surface area contributed by atoms with Crippen LogP contribution in [-0.4, -0.2) is 45.3 Å². The normalized spacial score (nSPS) is 11.3. The first kappa shape index (κ1) is 26.1. The molecule has 0 spiro atoms. The number of nitrogens with one attached hydrogen (secondary N) is 1. The lowest BCUT2D eigenvalue weighted by Gasteiger charge is -2.23. The number of hydrogen-bond acceptors (Lipinski definition) is 10. The molecule has 4 rings (SSSR count). The molecule has 0 radical (unpaired) electrons. The van der Waals surface area contributed by atoms with Crippen molar-refractivity contribution in [1.82, 2.24) is 25.1 Å². The highest BCUT2D eigenvalue weighted by Gasteiger charge is 2.21. The van der Waals surface area contributed by atoms with Gasteiger partial charge in [-0.1, -0.05) is 11.2 Å². The number of ether oxygens (including phenoxy) is 3. The minimum Gasteiger partial charge on any atom is -0.494 e. The van der Waals surface area contributed by atoms with Crippen LogP contribution in [0.5, 0.6) is 10.9 Å². The van der Waals surface area contributed by atoms with Gasteiger partial charge in [0.1, 0.15) is 12.4 Å². The molecule has 0 aliphatic heterocycles. The van der Waals surface area contributed by atoms with Crippen molar-refractivity contribution in [2.45, 2.75) is 39.9 Å². The summed E-state index contributed by atoms with van der Waals surface area (Å²) in [6.07, 6.45) is 4.94. The number of hydrogen-bond donors (Lipinski definition) is 1. The predicted octanol–water partition coefficient (Wildman–Crippen LogP) is 4.73. The van der Waals surface area contributed by atoms with E-state index < -0.39 is 5.60 Å². The Kier molecular flexibility index (Phi) is 7.74. The standard InChI is InChI=1S/C26H28N6O4S/c1-15-9-19(20-10-16(2)28-13-22(20)34-5)21(12-27-15)23(33)30-24-31-32-25(37-24)36-14-18-8-7-17(11-29-18)26(3,4)35-6/h7-13H,14H2,1-6H3,(H,30,31,33). The fraction of sp³-hybridized carbons (Fsp3) is 0.308.